The summed E-state index contributed by atoms with van der Waals surface area (Å²) in [7, 11) is 0. The lowest BCUT2D eigenvalue weighted by Crippen LogP contribution is -2.14. The summed E-state index contributed by atoms with van der Waals surface area (Å²) in [4.78, 5) is 12.7. The highest BCUT2D eigenvalue weighted by Gasteiger charge is 2.30. The molecule has 0 heterocycles. The lowest BCUT2D eigenvalue weighted by Gasteiger charge is -2.15. The number of hydrogen-bond donors (Lipinski definition) is 1. The summed E-state index contributed by atoms with van der Waals surface area (Å²) < 4.78 is 50.1. The first kappa shape index (κ1) is 22.5. The molecule has 0 saturated heterocycles. The van der Waals surface area contributed by atoms with Gasteiger partial charge in [0.1, 0.15) is 6.61 Å². The predicted molar refractivity (Wildman–Crippen MR) is 113 cm³/mol. The average molecular weight is 450 g/mol. The Kier molecular flexibility index (Phi) is 7.07. The van der Waals surface area contributed by atoms with E-state index >= 15 is 0 Å². The molecule has 162 valence electrons. The Labute approximate surface area is 182 Å². The number of anilines is 1. The minimum atomic E-state index is -4.51. The van der Waals surface area contributed by atoms with Gasteiger partial charge in [0, 0.05) is 11.3 Å². The summed E-state index contributed by atoms with van der Waals surface area (Å²) in [5, 5.41) is 2.61. The Balaban J connectivity index is 1.85. The minimum Gasteiger partial charge on any atom is -0.488 e. The zero-order chi connectivity index (χ0) is 22.4. The van der Waals surface area contributed by atoms with Crippen molar-refractivity contribution < 1.29 is 27.4 Å². The highest BCUT2D eigenvalue weighted by Crippen LogP contribution is 2.37. The van der Waals surface area contributed by atoms with Crippen molar-refractivity contribution >= 4 is 23.2 Å². The summed E-state index contributed by atoms with van der Waals surface area (Å²) in [5.74, 6) is -0.0862. The first-order valence-corrected chi connectivity index (χ1v) is 9.77. The summed E-state index contributed by atoms with van der Waals surface area (Å²) in [6.45, 7) is 2.33. The van der Waals surface area contributed by atoms with Crippen LogP contribution in [0, 0.1) is 0 Å². The summed E-state index contributed by atoms with van der Waals surface area (Å²) in [6, 6.07) is 16.6. The van der Waals surface area contributed by atoms with E-state index in [1.54, 1.807) is 6.92 Å². The van der Waals surface area contributed by atoms with Gasteiger partial charge in [-0.15, -0.1) is 0 Å². The van der Waals surface area contributed by atoms with Crippen molar-refractivity contribution in [2.24, 2.45) is 0 Å². The van der Waals surface area contributed by atoms with Crippen molar-refractivity contribution in [3.05, 3.63) is 88.4 Å². The van der Waals surface area contributed by atoms with E-state index in [9.17, 15) is 18.0 Å². The molecule has 0 bridgehead atoms. The van der Waals surface area contributed by atoms with Crippen molar-refractivity contribution in [1.82, 2.24) is 0 Å². The molecule has 0 aliphatic heterocycles. The summed E-state index contributed by atoms with van der Waals surface area (Å²) in [5.41, 5.74) is 0.173. The van der Waals surface area contributed by atoms with Crippen LogP contribution in [0.2, 0.25) is 5.02 Å². The van der Waals surface area contributed by atoms with Crippen molar-refractivity contribution in [3.8, 4) is 11.5 Å². The Hall–Kier alpha value is -3.19. The van der Waals surface area contributed by atoms with Gasteiger partial charge in [0.15, 0.2) is 11.5 Å². The Bertz CT molecular complexity index is 1060. The van der Waals surface area contributed by atoms with Gasteiger partial charge in [0.05, 0.1) is 17.2 Å². The van der Waals surface area contributed by atoms with E-state index in [0.717, 1.165) is 17.7 Å². The normalized spacial score (nSPS) is 11.1. The van der Waals surface area contributed by atoms with Crippen LogP contribution < -0.4 is 14.8 Å². The van der Waals surface area contributed by atoms with E-state index in [2.05, 4.69) is 5.32 Å². The van der Waals surface area contributed by atoms with Crippen molar-refractivity contribution in [3.63, 3.8) is 0 Å². The van der Waals surface area contributed by atoms with Crippen LogP contribution in [0.5, 0.6) is 11.5 Å². The number of ether oxygens (including phenoxy) is 2. The molecule has 0 aromatic heterocycles. The van der Waals surface area contributed by atoms with Crippen LogP contribution in [0.1, 0.15) is 28.4 Å². The van der Waals surface area contributed by atoms with Gasteiger partial charge in [-0.2, -0.15) is 13.2 Å². The Morgan fingerprint density at radius 3 is 2.42 bits per heavy atom. The van der Waals surface area contributed by atoms with Gasteiger partial charge >= 0.3 is 6.18 Å². The number of carbonyl (C=O) groups is 1. The zero-order valence-electron chi connectivity index (χ0n) is 16.5. The number of alkyl halides is 3. The SMILES string of the molecule is CCOc1c(Cl)cc(C(=O)Nc2cccc(C(F)(F)F)c2)cc1OCc1ccccc1. The fraction of sp³-hybridized carbons (Fsp3) is 0.174. The summed E-state index contributed by atoms with van der Waals surface area (Å²) >= 11 is 6.29. The molecule has 1 amide bonds. The van der Waals surface area contributed by atoms with Crippen LogP contribution in [0.4, 0.5) is 18.9 Å². The van der Waals surface area contributed by atoms with Gasteiger partial charge in [-0.1, -0.05) is 48.0 Å². The lowest BCUT2D eigenvalue weighted by molar-refractivity contribution is -0.137. The lowest BCUT2D eigenvalue weighted by atomic mass is 10.1. The largest absolute Gasteiger partial charge is 0.488 e. The van der Waals surface area contributed by atoms with Crippen molar-refractivity contribution in [1.29, 1.82) is 0 Å². The highest BCUT2D eigenvalue weighted by atomic mass is 35.5. The number of rotatable bonds is 7. The molecular weight excluding hydrogens is 431 g/mol. The second kappa shape index (κ2) is 9.75. The molecule has 8 heteroatoms. The third-order valence-electron chi connectivity index (χ3n) is 4.25. The third kappa shape index (κ3) is 5.92. The van der Waals surface area contributed by atoms with Crippen LogP contribution >= 0.6 is 11.6 Å². The molecular formula is C23H19ClF3NO3. The number of amides is 1. The second-order valence-corrected chi connectivity index (χ2v) is 6.93. The van der Waals surface area contributed by atoms with E-state index in [0.29, 0.717) is 6.61 Å². The first-order valence-electron chi connectivity index (χ1n) is 9.39. The monoisotopic (exact) mass is 449 g/mol. The van der Waals surface area contributed by atoms with Crippen LogP contribution in [0.25, 0.3) is 0 Å². The van der Waals surface area contributed by atoms with Crippen molar-refractivity contribution in [2.45, 2.75) is 19.7 Å². The maximum atomic E-state index is 12.9. The molecule has 0 fully saturated rings. The fourth-order valence-electron chi connectivity index (χ4n) is 2.80. The highest BCUT2D eigenvalue weighted by molar-refractivity contribution is 6.32. The average Bonchev–Trinajstić information content (AvgIpc) is 2.74. The van der Waals surface area contributed by atoms with Crippen molar-refractivity contribution in [2.75, 3.05) is 11.9 Å². The molecule has 0 radical (unpaired) electrons. The molecule has 1 N–H and O–H groups in total. The first-order chi connectivity index (χ1) is 14.8. The van der Waals surface area contributed by atoms with Crippen LogP contribution in [-0.4, -0.2) is 12.5 Å². The third-order valence-corrected chi connectivity index (χ3v) is 4.53. The predicted octanol–water partition coefficient (Wildman–Crippen LogP) is 6.59. The molecule has 31 heavy (non-hydrogen) atoms. The maximum Gasteiger partial charge on any atom is 0.416 e. The summed E-state index contributed by atoms with van der Waals surface area (Å²) in [6.07, 6.45) is -4.51. The molecule has 0 atom stereocenters. The molecule has 3 rings (SSSR count). The number of nitrogens with one attached hydrogen (secondary N) is 1. The molecule has 3 aromatic rings. The molecule has 0 aliphatic carbocycles. The molecule has 0 unspecified atom stereocenters. The quantitative estimate of drug-likeness (QED) is 0.442. The van der Waals surface area contributed by atoms with Gasteiger partial charge in [-0.3, -0.25) is 4.79 Å². The zero-order valence-corrected chi connectivity index (χ0v) is 17.3. The van der Waals surface area contributed by atoms with Crippen LogP contribution in [-0.2, 0) is 12.8 Å². The van der Waals surface area contributed by atoms with E-state index in [4.69, 9.17) is 21.1 Å². The van der Waals surface area contributed by atoms with Gasteiger partial charge in [-0.25, -0.2) is 0 Å². The second-order valence-electron chi connectivity index (χ2n) is 6.53. The van der Waals surface area contributed by atoms with Gasteiger partial charge in [0.2, 0.25) is 0 Å². The van der Waals surface area contributed by atoms with Crippen LogP contribution in [0.3, 0.4) is 0 Å². The van der Waals surface area contributed by atoms with Gasteiger partial charge in [-0.05, 0) is 42.8 Å². The van der Waals surface area contributed by atoms with E-state index < -0.39 is 17.6 Å². The van der Waals surface area contributed by atoms with Gasteiger partial charge < -0.3 is 14.8 Å². The Morgan fingerprint density at radius 1 is 1.00 bits per heavy atom. The standard InChI is InChI=1S/C23H19ClF3NO3/c1-2-30-21-19(24)11-16(12-20(21)31-14-15-7-4-3-5-8-15)22(29)28-18-10-6-9-17(13-18)23(25,26)27/h3-13H,2,14H2,1H3,(H,28,29). The van der Waals surface area contributed by atoms with E-state index in [-0.39, 0.29) is 34.4 Å². The molecule has 0 spiro atoms. The number of benzene rings is 3. The van der Waals surface area contributed by atoms with Crippen LogP contribution in [0.15, 0.2) is 66.7 Å². The van der Waals surface area contributed by atoms with Gasteiger partial charge in [0.25, 0.3) is 5.91 Å². The number of hydrogen-bond acceptors (Lipinski definition) is 3. The Morgan fingerprint density at radius 2 is 1.74 bits per heavy atom. The molecule has 4 nitrogen and oxygen atoms in total. The smallest absolute Gasteiger partial charge is 0.416 e. The van der Waals surface area contributed by atoms with E-state index in [1.807, 2.05) is 30.3 Å². The molecule has 0 aliphatic rings. The molecule has 3 aromatic carbocycles. The maximum absolute atomic E-state index is 12.9. The topological polar surface area (TPSA) is 47.6 Å². The fourth-order valence-corrected chi connectivity index (χ4v) is 3.07. The minimum absolute atomic E-state index is 0.0107. The number of carbonyl (C=O) groups excluding carboxylic acids is 1. The number of halogens is 4. The van der Waals surface area contributed by atoms with E-state index in [1.165, 1.54) is 24.3 Å². The molecule has 0 saturated carbocycles.